The summed E-state index contributed by atoms with van der Waals surface area (Å²) in [6.07, 6.45) is 1.14. The van der Waals surface area contributed by atoms with Crippen LogP contribution in [0, 0.1) is 20.8 Å². The van der Waals surface area contributed by atoms with E-state index in [1.54, 1.807) is 7.11 Å². The molecule has 1 aromatic heterocycles. The number of nitrogens with one attached hydrogen (secondary N) is 1. The molecule has 4 rings (SSSR count). The molecule has 0 amide bonds. The smallest absolute Gasteiger partial charge is 0.119 e. The lowest BCUT2D eigenvalue weighted by Gasteiger charge is -2.10. The van der Waals surface area contributed by atoms with E-state index in [0.717, 1.165) is 41.5 Å². The highest BCUT2D eigenvalue weighted by Crippen LogP contribution is 2.21. The van der Waals surface area contributed by atoms with Crippen LogP contribution < -0.4 is 10.1 Å². The van der Waals surface area contributed by atoms with Gasteiger partial charge in [0.05, 0.1) is 19.4 Å². The summed E-state index contributed by atoms with van der Waals surface area (Å²) in [5.41, 5.74) is 8.94. The normalized spacial score (nSPS) is 10.3. The van der Waals surface area contributed by atoms with E-state index in [9.17, 15) is 0 Å². The van der Waals surface area contributed by atoms with Gasteiger partial charge in [-0.15, -0.1) is 0 Å². The van der Waals surface area contributed by atoms with Gasteiger partial charge in [-0.25, -0.2) is 0 Å². The van der Waals surface area contributed by atoms with Gasteiger partial charge in [-0.1, -0.05) is 67.6 Å². The SMILES string of the molecule is C=C(Nc1ccc(OC)cc1)c1cc(C)n(Cc2cc(C)ccc2C)n1.CCc1ccccc1. The predicted octanol–water partition coefficient (Wildman–Crippen LogP) is 7.20. The van der Waals surface area contributed by atoms with Crippen LogP contribution in [-0.2, 0) is 13.0 Å². The fraction of sp³-hybridized carbons (Fsp3) is 0.233. The molecule has 4 heteroatoms. The first kappa shape index (κ1) is 24.8. The van der Waals surface area contributed by atoms with Crippen molar-refractivity contribution in [2.45, 2.75) is 40.7 Å². The second kappa shape index (κ2) is 11.9. The molecule has 0 aliphatic carbocycles. The number of hydrogen-bond donors (Lipinski definition) is 1. The fourth-order valence-electron chi connectivity index (χ4n) is 3.58. The number of hydrogen-bond acceptors (Lipinski definition) is 3. The summed E-state index contributed by atoms with van der Waals surface area (Å²) in [5, 5.41) is 8.04. The van der Waals surface area contributed by atoms with Gasteiger partial charge >= 0.3 is 0 Å². The number of anilines is 1. The molecular formula is C30H35N3O. The maximum absolute atomic E-state index is 5.19. The van der Waals surface area contributed by atoms with Crippen molar-refractivity contribution in [3.8, 4) is 5.75 Å². The average Bonchev–Trinajstić information content (AvgIpc) is 3.23. The maximum Gasteiger partial charge on any atom is 0.119 e. The quantitative estimate of drug-likeness (QED) is 0.322. The Kier molecular flexibility index (Phi) is 8.69. The standard InChI is InChI=1S/C22H25N3O.C8H10/c1-15-6-7-16(2)19(12-15)14-25-17(3)13-22(24-25)18(4)23-20-8-10-21(26-5)11-9-20;1-2-8-6-4-3-5-7-8/h6-13,23H,4,14H2,1-3,5H3;3-7H,2H2,1H3. The molecule has 4 nitrogen and oxygen atoms in total. The van der Waals surface area contributed by atoms with E-state index >= 15 is 0 Å². The first-order chi connectivity index (χ1) is 16.4. The van der Waals surface area contributed by atoms with Gasteiger partial charge in [0.2, 0.25) is 0 Å². The van der Waals surface area contributed by atoms with Gasteiger partial charge in [-0.05, 0) is 74.2 Å². The minimum Gasteiger partial charge on any atom is -0.497 e. The molecule has 0 saturated carbocycles. The van der Waals surface area contributed by atoms with Gasteiger partial charge < -0.3 is 10.1 Å². The molecule has 34 heavy (non-hydrogen) atoms. The molecule has 0 spiro atoms. The largest absolute Gasteiger partial charge is 0.497 e. The third-order valence-corrected chi connectivity index (χ3v) is 5.75. The van der Waals surface area contributed by atoms with Gasteiger partial charge in [0.15, 0.2) is 0 Å². The Morgan fingerprint density at radius 2 is 1.65 bits per heavy atom. The number of ether oxygens (including phenoxy) is 1. The number of rotatable bonds is 7. The molecule has 0 atom stereocenters. The molecular weight excluding hydrogens is 418 g/mol. The highest BCUT2D eigenvalue weighted by molar-refractivity contribution is 5.73. The van der Waals surface area contributed by atoms with Crippen molar-refractivity contribution < 1.29 is 4.74 Å². The summed E-state index contributed by atoms with van der Waals surface area (Å²) < 4.78 is 7.21. The molecule has 0 fully saturated rings. The third-order valence-electron chi connectivity index (χ3n) is 5.75. The monoisotopic (exact) mass is 453 g/mol. The minimum absolute atomic E-state index is 0.759. The topological polar surface area (TPSA) is 39.1 Å². The molecule has 0 bridgehead atoms. The molecule has 176 valence electrons. The van der Waals surface area contributed by atoms with Crippen LogP contribution in [0.15, 0.2) is 85.4 Å². The Hall–Kier alpha value is -3.79. The van der Waals surface area contributed by atoms with Crippen molar-refractivity contribution in [1.82, 2.24) is 9.78 Å². The second-order valence-electron chi connectivity index (χ2n) is 8.43. The lowest BCUT2D eigenvalue weighted by molar-refractivity contribution is 0.415. The van der Waals surface area contributed by atoms with Crippen LogP contribution in [0.3, 0.4) is 0 Å². The van der Waals surface area contributed by atoms with Crippen LogP contribution in [0.1, 0.15) is 40.6 Å². The minimum atomic E-state index is 0.759. The molecule has 0 radical (unpaired) electrons. The number of aryl methyl sites for hydroxylation is 4. The number of nitrogens with zero attached hydrogens (tertiary/aromatic N) is 2. The molecule has 0 aliphatic heterocycles. The Bertz CT molecular complexity index is 1210. The van der Waals surface area contributed by atoms with E-state index in [1.165, 1.54) is 22.3 Å². The van der Waals surface area contributed by atoms with Crippen LogP contribution in [0.25, 0.3) is 5.70 Å². The van der Waals surface area contributed by atoms with Crippen LogP contribution >= 0.6 is 0 Å². The lowest BCUT2D eigenvalue weighted by atomic mass is 10.1. The van der Waals surface area contributed by atoms with Crippen LogP contribution in [-0.4, -0.2) is 16.9 Å². The van der Waals surface area contributed by atoms with Crippen molar-refractivity contribution in [2.75, 3.05) is 12.4 Å². The summed E-state index contributed by atoms with van der Waals surface area (Å²) in [6.45, 7) is 13.4. The molecule has 0 unspecified atom stereocenters. The van der Waals surface area contributed by atoms with Crippen molar-refractivity contribution in [1.29, 1.82) is 0 Å². The first-order valence-electron chi connectivity index (χ1n) is 11.6. The Balaban J connectivity index is 0.000000343. The van der Waals surface area contributed by atoms with Gasteiger partial charge in [0.1, 0.15) is 11.4 Å². The summed E-state index contributed by atoms with van der Waals surface area (Å²) in [5.74, 6) is 0.829. The van der Waals surface area contributed by atoms with Crippen molar-refractivity contribution in [3.63, 3.8) is 0 Å². The van der Waals surface area contributed by atoms with Crippen LogP contribution in [0.4, 0.5) is 5.69 Å². The van der Waals surface area contributed by atoms with Gasteiger partial charge in [-0.3, -0.25) is 4.68 Å². The molecule has 0 aliphatic rings. The molecule has 3 aromatic carbocycles. The third kappa shape index (κ3) is 6.85. The van der Waals surface area contributed by atoms with E-state index in [2.05, 4.69) is 88.1 Å². The molecule has 0 saturated heterocycles. The number of aromatic nitrogens is 2. The van der Waals surface area contributed by atoms with Crippen LogP contribution in [0.5, 0.6) is 5.75 Å². The zero-order valence-corrected chi connectivity index (χ0v) is 20.9. The van der Waals surface area contributed by atoms with Crippen molar-refractivity contribution in [2.24, 2.45) is 0 Å². The maximum atomic E-state index is 5.19. The van der Waals surface area contributed by atoms with Gasteiger partial charge in [-0.2, -0.15) is 5.10 Å². The fourth-order valence-corrected chi connectivity index (χ4v) is 3.58. The Morgan fingerprint density at radius 3 is 2.26 bits per heavy atom. The lowest BCUT2D eigenvalue weighted by Crippen LogP contribution is -2.06. The molecule has 4 aromatic rings. The molecule has 1 heterocycles. The van der Waals surface area contributed by atoms with Crippen molar-refractivity contribution in [3.05, 3.63) is 119 Å². The van der Waals surface area contributed by atoms with Crippen LogP contribution in [0.2, 0.25) is 0 Å². The summed E-state index contributed by atoms with van der Waals surface area (Å²) in [7, 11) is 1.66. The van der Waals surface area contributed by atoms with Crippen molar-refractivity contribution >= 4 is 11.4 Å². The zero-order valence-electron chi connectivity index (χ0n) is 20.9. The Morgan fingerprint density at radius 1 is 0.941 bits per heavy atom. The Labute approximate surface area is 203 Å². The average molecular weight is 454 g/mol. The number of benzene rings is 3. The number of methoxy groups -OCH3 is 1. The van der Waals surface area contributed by atoms with E-state index in [0.29, 0.717) is 0 Å². The van der Waals surface area contributed by atoms with E-state index in [-0.39, 0.29) is 0 Å². The van der Waals surface area contributed by atoms with Gasteiger partial charge in [0.25, 0.3) is 0 Å². The van der Waals surface area contributed by atoms with E-state index < -0.39 is 0 Å². The summed E-state index contributed by atoms with van der Waals surface area (Å²) >= 11 is 0. The van der Waals surface area contributed by atoms with E-state index in [4.69, 9.17) is 9.84 Å². The summed E-state index contributed by atoms with van der Waals surface area (Å²) in [6, 6.07) is 26.8. The highest BCUT2D eigenvalue weighted by atomic mass is 16.5. The second-order valence-corrected chi connectivity index (χ2v) is 8.43. The summed E-state index contributed by atoms with van der Waals surface area (Å²) in [4.78, 5) is 0. The zero-order chi connectivity index (χ0) is 24.5. The highest BCUT2D eigenvalue weighted by Gasteiger charge is 2.10. The first-order valence-corrected chi connectivity index (χ1v) is 11.6. The van der Waals surface area contributed by atoms with E-state index in [1.807, 2.05) is 35.0 Å². The van der Waals surface area contributed by atoms with Gasteiger partial charge in [0, 0.05) is 11.4 Å². The molecule has 1 N–H and O–H groups in total. The predicted molar refractivity (Wildman–Crippen MR) is 143 cm³/mol.